The average molecular weight is 320 g/mol. The molecule has 0 saturated heterocycles. The third-order valence-corrected chi connectivity index (χ3v) is 3.83. The Kier molecular flexibility index (Phi) is 5.96. The number of nitrogens with one attached hydrogen (secondary N) is 1. The average Bonchev–Trinajstić information content (AvgIpc) is 3.01. The van der Waals surface area contributed by atoms with Crippen molar-refractivity contribution in [1.82, 2.24) is 20.3 Å². The fourth-order valence-electron chi connectivity index (χ4n) is 1.76. The number of hydrogen-bond donors (Lipinski definition) is 2. The van der Waals surface area contributed by atoms with Gasteiger partial charge in [0.05, 0.1) is 6.20 Å². The maximum atomic E-state index is 12.0. The van der Waals surface area contributed by atoms with Crippen LogP contribution in [0.2, 0.25) is 0 Å². The molecule has 0 aliphatic rings. The van der Waals surface area contributed by atoms with Crippen molar-refractivity contribution in [3.05, 3.63) is 29.5 Å². The molecule has 0 atom stereocenters. The summed E-state index contributed by atoms with van der Waals surface area (Å²) in [6, 6.07) is 1.72. The Labute approximate surface area is 131 Å². The number of hydrogen-bond acceptors (Lipinski definition) is 6. The molecule has 0 spiro atoms. The Balaban J connectivity index is 1.77. The molecule has 2 heterocycles. The van der Waals surface area contributed by atoms with E-state index in [9.17, 15) is 9.59 Å². The molecule has 0 fully saturated rings. The second-order valence-electron chi connectivity index (χ2n) is 4.56. The first-order valence-electron chi connectivity index (χ1n) is 6.90. The molecule has 116 valence electrons. The number of thiazole rings is 1. The lowest BCUT2D eigenvalue weighted by molar-refractivity contribution is -0.137. The number of carbonyl (C=O) groups is 2. The molecule has 0 aliphatic carbocycles. The van der Waals surface area contributed by atoms with E-state index in [0.29, 0.717) is 28.7 Å². The summed E-state index contributed by atoms with van der Waals surface area (Å²) >= 11 is 1.24. The Bertz CT molecular complexity index is 630. The van der Waals surface area contributed by atoms with Crippen LogP contribution in [0.15, 0.2) is 24.7 Å². The van der Waals surface area contributed by atoms with Crippen molar-refractivity contribution >= 4 is 23.2 Å². The van der Waals surface area contributed by atoms with Crippen LogP contribution in [0.4, 0.5) is 0 Å². The predicted molar refractivity (Wildman–Crippen MR) is 81.6 cm³/mol. The van der Waals surface area contributed by atoms with E-state index in [1.807, 2.05) is 0 Å². The van der Waals surface area contributed by atoms with E-state index >= 15 is 0 Å². The Morgan fingerprint density at radius 3 is 2.64 bits per heavy atom. The van der Waals surface area contributed by atoms with Gasteiger partial charge in [-0.15, -0.1) is 11.3 Å². The monoisotopic (exact) mass is 320 g/mol. The van der Waals surface area contributed by atoms with Gasteiger partial charge in [0.2, 0.25) is 0 Å². The number of carboxylic acid groups (broad SMARTS) is 1. The van der Waals surface area contributed by atoms with Crippen molar-refractivity contribution in [2.75, 3.05) is 6.54 Å². The molecule has 8 heteroatoms. The number of carbonyl (C=O) groups excluding carboxylic acids is 1. The molecule has 1 amide bonds. The van der Waals surface area contributed by atoms with E-state index in [1.54, 1.807) is 18.5 Å². The first-order chi connectivity index (χ1) is 10.7. The number of aliphatic carboxylic acids is 1. The standard InChI is InChI=1S/C14H16N4O3S/c19-11(20)5-2-1-3-6-17-13(21)10-9-18-14(22-10)12-15-7-4-8-16-12/h4,7-9H,1-3,5-6H2,(H,17,21)(H,19,20). The highest BCUT2D eigenvalue weighted by Crippen LogP contribution is 2.21. The van der Waals surface area contributed by atoms with E-state index < -0.39 is 5.97 Å². The lowest BCUT2D eigenvalue weighted by Gasteiger charge is -2.02. The molecular weight excluding hydrogens is 304 g/mol. The number of amides is 1. The van der Waals surface area contributed by atoms with Gasteiger partial charge in [0.15, 0.2) is 10.8 Å². The Morgan fingerprint density at radius 2 is 1.91 bits per heavy atom. The highest BCUT2D eigenvalue weighted by Gasteiger charge is 2.12. The van der Waals surface area contributed by atoms with Crippen LogP contribution in [0.25, 0.3) is 10.8 Å². The molecule has 2 aromatic rings. The summed E-state index contributed by atoms with van der Waals surface area (Å²) in [6.07, 6.45) is 7.09. The van der Waals surface area contributed by atoms with Crippen LogP contribution in [-0.2, 0) is 4.79 Å². The van der Waals surface area contributed by atoms with E-state index in [4.69, 9.17) is 5.11 Å². The summed E-state index contributed by atoms with van der Waals surface area (Å²) in [4.78, 5) is 35.2. The predicted octanol–water partition coefficient (Wildman–Crippen LogP) is 1.97. The summed E-state index contributed by atoms with van der Waals surface area (Å²) in [5.41, 5.74) is 0. The maximum Gasteiger partial charge on any atom is 0.303 e. The van der Waals surface area contributed by atoms with Gasteiger partial charge in [-0.3, -0.25) is 9.59 Å². The zero-order valence-electron chi connectivity index (χ0n) is 11.9. The largest absolute Gasteiger partial charge is 0.481 e. The zero-order chi connectivity index (χ0) is 15.8. The van der Waals surface area contributed by atoms with Crippen LogP contribution >= 0.6 is 11.3 Å². The summed E-state index contributed by atoms with van der Waals surface area (Å²) < 4.78 is 0. The van der Waals surface area contributed by atoms with Gasteiger partial charge < -0.3 is 10.4 Å². The van der Waals surface area contributed by atoms with Crippen molar-refractivity contribution in [2.45, 2.75) is 25.7 Å². The second kappa shape index (κ2) is 8.18. The highest BCUT2D eigenvalue weighted by atomic mass is 32.1. The number of carboxylic acids is 1. The van der Waals surface area contributed by atoms with E-state index in [-0.39, 0.29) is 12.3 Å². The molecule has 7 nitrogen and oxygen atoms in total. The molecule has 0 bridgehead atoms. The quantitative estimate of drug-likeness (QED) is 0.721. The smallest absolute Gasteiger partial charge is 0.303 e. The molecular formula is C14H16N4O3S. The lowest BCUT2D eigenvalue weighted by Crippen LogP contribution is -2.23. The fraction of sp³-hybridized carbons (Fsp3) is 0.357. The molecule has 0 radical (unpaired) electrons. The summed E-state index contributed by atoms with van der Waals surface area (Å²) in [5.74, 6) is -0.470. The molecule has 2 aromatic heterocycles. The van der Waals surface area contributed by atoms with Crippen molar-refractivity contribution in [2.24, 2.45) is 0 Å². The first kappa shape index (κ1) is 16.0. The number of rotatable bonds is 8. The first-order valence-corrected chi connectivity index (χ1v) is 7.71. The van der Waals surface area contributed by atoms with Gasteiger partial charge in [0.25, 0.3) is 5.91 Å². The third kappa shape index (κ3) is 4.88. The molecule has 2 N–H and O–H groups in total. The number of aromatic nitrogens is 3. The van der Waals surface area contributed by atoms with E-state index in [1.165, 1.54) is 17.5 Å². The van der Waals surface area contributed by atoms with E-state index in [0.717, 1.165) is 12.8 Å². The van der Waals surface area contributed by atoms with Crippen molar-refractivity contribution in [1.29, 1.82) is 0 Å². The minimum atomic E-state index is -0.788. The maximum absolute atomic E-state index is 12.0. The Morgan fingerprint density at radius 1 is 1.14 bits per heavy atom. The minimum Gasteiger partial charge on any atom is -0.481 e. The number of unbranched alkanes of at least 4 members (excludes halogenated alkanes) is 2. The van der Waals surface area contributed by atoms with Gasteiger partial charge in [0.1, 0.15) is 4.88 Å². The van der Waals surface area contributed by atoms with Crippen LogP contribution in [0, 0.1) is 0 Å². The topological polar surface area (TPSA) is 105 Å². The normalized spacial score (nSPS) is 10.4. The van der Waals surface area contributed by atoms with Crippen LogP contribution in [0.1, 0.15) is 35.4 Å². The molecule has 22 heavy (non-hydrogen) atoms. The summed E-state index contributed by atoms with van der Waals surface area (Å²) in [7, 11) is 0. The number of nitrogens with zero attached hydrogens (tertiary/aromatic N) is 3. The third-order valence-electron chi connectivity index (χ3n) is 2.84. The van der Waals surface area contributed by atoms with Gasteiger partial charge in [-0.2, -0.15) is 0 Å². The van der Waals surface area contributed by atoms with Gasteiger partial charge in [-0.25, -0.2) is 15.0 Å². The van der Waals surface area contributed by atoms with Gasteiger partial charge in [0, 0.05) is 25.4 Å². The van der Waals surface area contributed by atoms with Gasteiger partial charge >= 0.3 is 5.97 Å². The van der Waals surface area contributed by atoms with Crippen LogP contribution in [-0.4, -0.2) is 38.5 Å². The van der Waals surface area contributed by atoms with E-state index in [2.05, 4.69) is 20.3 Å². The molecule has 0 aliphatic heterocycles. The molecule has 2 rings (SSSR count). The summed E-state index contributed by atoms with van der Waals surface area (Å²) in [6.45, 7) is 0.521. The van der Waals surface area contributed by atoms with Crippen molar-refractivity contribution in [3.63, 3.8) is 0 Å². The highest BCUT2D eigenvalue weighted by molar-refractivity contribution is 7.16. The lowest BCUT2D eigenvalue weighted by atomic mass is 10.2. The minimum absolute atomic E-state index is 0.170. The zero-order valence-corrected chi connectivity index (χ0v) is 12.7. The molecule has 0 saturated carbocycles. The molecule has 0 aromatic carbocycles. The Hall–Kier alpha value is -2.35. The second-order valence-corrected chi connectivity index (χ2v) is 5.59. The van der Waals surface area contributed by atoms with Crippen LogP contribution < -0.4 is 5.32 Å². The molecule has 0 unspecified atom stereocenters. The van der Waals surface area contributed by atoms with Gasteiger partial charge in [-0.05, 0) is 18.9 Å². The SMILES string of the molecule is O=C(O)CCCCCNC(=O)c1cnc(-c2ncccn2)s1. The fourth-order valence-corrected chi connectivity index (χ4v) is 2.54. The summed E-state index contributed by atoms with van der Waals surface area (Å²) in [5, 5.41) is 11.9. The van der Waals surface area contributed by atoms with Crippen LogP contribution in [0.5, 0.6) is 0 Å². The van der Waals surface area contributed by atoms with Crippen LogP contribution in [0.3, 0.4) is 0 Å². The van der Waals surface area contributed by atoms with Gasteiger partial charge in [-0.1, -0.05) is 6.42 Å². The van der Waals surface area contributed by atoms with Crippen molar-refractivity contribution < 1.29 is 14.7 Å². The van der Waals surface area contributed by atoms with Crippen molar-refractivity contribution in [3.8, 4) is 10.8 Å².